The second-order valence-corrected chi connectivity index (χ2v) is 6.95. The number of aliphatic hydroxyl groups excluding tert-OH is 1. The van der Waals surface area contributed by atoms with E-state index in [1.165, 1.54) is 12.3 Å². The van der Waals surface area contributed by atoms with Crippen molar-refractivity contribution in [2.45, 2.75) is 44.2 Å². The van der Waals surface area contributed by atoms with Gasteiger partial charge in [-0.2, -0.15) is 0 Å². The lowest BCUT2D eigenvalue weighted by atomic mass is 10.0. The van der Waals surface area contributed by atoms with Gasteiger partial charge in [-0.05, 0) is 36.3 Å². The first-order valence-electron chi connectivity index (χ1n) is 6.57. The van der Waals surface area contributed by atoms with E-state index in [1.54, 1.807) is 6.07 Å². The summed E-state index contributed by atoms with van der Waals surface area (Å²) in [6.07, 6.45) is 5.71. The molecule has 19 heavy (non-hydrogen) atoms. The van der Waals surface area contributed by atoms with Gasteiger partial charge >= 0.3 is 0 Å². The molecule has 0 saturated heterocycles. The molecule has 0 bridgehead atoms. The molecule has 2 rings (SSSR count). The number of sulfonamides is 1. The standard InChI is InChI=1S/C13H20N2O3S/c1-2-5-13(6-7-13)10-15-19(17,18)12-4-3-11(9-16)8-14-12/h3-4,8,15-16H,2,5-7,9-10H2,1H3. The Labute approximate surface area is 114 Å². The lowest BCUT2D eigenvalue weighted by molar-refractivity contribution is 0.281. The van der Waals surface area contributed by atoms with Crippen LogP contribution in [0.2, 0.25) is 0 Å². The van der Waals surface area contributed by atoms with Gasteiger partial charge in [-0.3, -0.25) is 0 Å². The molecule has 1 aromatic rings. The number of aliphatic hydroxyl groups is 1. The van der Waals surface area contributed by atoms with Gasteiger partial charge < -0.3 is 5.11 Å². The van der Waals surface area contributed by atoms with Crippen LogP contribution in [0.4, 0.5) is 0 Å². The van der Waals surface area contributed by atoms with Crippen LogP contribution in [0.15, 0.2) is 23.4 Å². The van der Waals surface area contributed by atoms with Gasteiger partial charge in [0.15, 0.2) is 5.03 Å². The molecule has 1 saturated carbocycles. The van der Waals surface area contributed by atoms with Gasteiger partial charge in [0, 0.05) is 12.7 Å². The molecule has 0 amide bonds. The van der Waals surface area contributed by atoms with E-state index in [9.17, 15) is 8.42 Å². The van der Waals surface area contributed by atoms with Crippen LogP contribution in [0.1, 0.15) is 38.2 Å². The van der Waals surface area contributed by atoms with Crippen LogP contribution in [0, 0.1) is 5.41 Å². The van der Waals surface area contributed by atoms with Gasteiger partial charge in [0.1, 0.15) is 0 Å². The first-order valence-corrected chi connectivity index (χ1v) is 8.05. The summed E-state index contributed by atoms with van der Waals surface area (Å²) in [6.45, 7) is 2.47. The number of hydrogen-bond donors (Lipinski definition) is 2. The van der Waals surface area contributed by atoms with Crippen LogP contribution in [0.25, 0.3) is 0 Å². The molecule has 1 aliphatic carbocycles. The lowest BCUT2D eigenvalue weighted by Gasteiger charge is -2.14. The van der Waals surface area contributed by atoms with Crippen molar-refractivity contribution in [1.29, 1.82) is 0 Å². The number of rotatable bonds is 7. The Hall–Kier alpha value is -0.980. The third-order valence-corrected chi connectivity index (χ3v) is 4.95. The van der Waals surface area contributed by atoms with E-state index in [2.05, 4.69) is 16.6 Å². The average Bonchev–Trinajstić information content (AvgIpc) is 3.18. The maximum Gasteiger partial charge on any atom is 0.258 e. The summed E-state index contributed by atoms with van der Waals surface area (Å²) in [5.74, 6) is 0. The summed E-state index contributed by atoms with van der Waals surface area (Å²) in [5.41, 5.74) is 0.774. The fourth-order valence-electron chi connectivity index (χ4n) is 2.21. The molecule has 0 aliphatic heterocycles. The molecule has 2 N–H and O–H groups in total. The minimum absolute atomic E-state index is 0.0111. The van der Waals surface area contributed by atoms with E-state index in [0.29, 0.717) is 12.1 Å². The predicted octanol–water partition coefficient (Wildman–Crippen LogP) is 1.43. The van der Waals surface area contributed by atoms with Crippen LogP contribution in [-0.2, 0) is 16.6 Å². The van der Waals surface area contributed by atoms with Crippen LogP contribution >= 0.6 is 0 Å². The Morgan fingerprint density at radius 2 is 2.16 bits per heavy atom. The zero-order chi connectivity index (χ0) is 13.9. The Balaban J connectivity index is 2.01. The summed E-state index contributed by atoms with van der Waals surface area (Å²) >= 11 is 0. The predicted molar refractivity (Wildman–Crippen MR) is 71.9 cm³/mol. The molecule has 5 nitrogen and oxygen atoms in total. The van der Waals surface area contributed by atoms with Gasteiger partial charge in [-0.15, -0.1) is 0 Å². The number of pyridine rings is 1. The number of nitrogens with one attached hydrogen (secondary N) is 1. The third kappa shape index (κ3) is 3.52. The lowest BCUT2D eigenvalue weighted by Crippen LogP contribution is -2.30. The summed E-state index contributed by atoms with van der Waals surface area (Å²) in [6, 6.07) is 2.99. The van der Waals surface area contributed by atoms with Crippen LogP contribution in [0.5, 0.6) is 0 Å². The molecule has 1 aliphatic rings. The van der Waals surface area contributed by atoms with E-state index >= 15 is 0 Å². The fraction of sp³-hybridized carbons (Fsp3) is 0.615. The van der Waals surface area contributed by atoms with Gasteiger partial charge in [-0.25, -0.2) is 18.1 Å². The highest BCUT2D eigenvalue weighted by Crippen LogP contribution is 2.49. The van der Waals surface area contributed by atoms with Crippen LogP contribution < -0.4 is 4.72 Å². The van der Waals surface area contributed by atoms with Gasteiger partial charge in [0.25, 0.3) is 10.0 Å². The Morgan fingerprint density at radius 1 is 1.42 bits per heavy atom. The van der Waals surface area contributed by atoms with E-state index in [4.69, 9.17) is 5.11 Å². The normalized spacial score (nSPS) is 17.4. The molecule has 0 spiro atoms. The second kappa shape index (κ2) is 5.56. The fourth-order valence-corrected chi connectivity index (χ4v) is 3.29. The van der Waals surface area contributed by atoms with Crippen molar-refractivity contribution in [2.75, 3.05) is 6.54 Å². The first-order chi connectivity index (χ1) is 9.01. The van der Waals surface area contributed by atoms with Crippen LogP contribution in [0.3, 0.4) is 0 Å². The molecule has 0 aromatic carbocycles. The van der Waals surface area contributed by atoms with Crippen molar-refractivity contribution >= 4 is 10.0 Å². The summed E-state index contributed by atoms with van der Waals surface area (Å²) < 4.78 is 26.8. The number of aromatic nitrogens is 1. The number of hydrogen-bond acceptors (Lipinski definition) is 4. The molecule has 1 heterocycles. The SMILES string of the molecule is CCCC1(CNS(=O)(=O)c2ccc(CO)cn2)CC1. The topological polar surface area (TPSA) is 79.3 Å². The molecular weight excluding hydrogens is 264 g/mol. The maximum atomic E-state index is 12.1. The second-order valence-electron chi connectivity index (χ2n) is 5.24. The van der Waals surface area contributed by atoms with Crippen molar-refractivity contribution in [3.8, 4) is 0 Å². The summed E-state index contributed by atoms with van der Waals surface area (Å²) in [5, 5.41) is 8.91. The summed E-state index contributed by atoms with van der Waals surface area (Å²) in [4.78, 5) is 3.88. The summed E-state index contributed by atoms with van der Waals surface area (Å²) in [7, 11) is -3.54. The molecule has 0 radical (unpaired) electrons. The van der Waals surface area contributed by atoms with Crippen molar-refractivity contribution in [3.63, 3.8) is 0 Å². The molecule has 6 heteroatoms. The average molecular weight is 284 g/mol. The molecular formula is C13H20N2O3S. The molecule has 1 aromatic heterocycles. The highest BCUT2D eigenvalue weighted by atomic mass is 32.2. The molecule has 0 unspecified atom stereocenters. The maximum absolute atomic E-state index is 12.1. The molecule has 1 fully saturated rings. The van der Waals surface area contributed by atoms with E-state index < -0.39 is 10.0 Å². The zero-order valence-corrected chi connectivity index (χ0v) is 11.9. The Kier molecular flexibility index (Phi) is 4.23. The minimum Gasteiger partial charge on any atom is -0.392 e. The highest BCUT2D eigenvalue weighted by molar-refractivity contribution is 7.89. The van der Waals surface area contributed by atoms with Crippen LogP contribution in [-0.4, -0.2) is 25.1 Å². The molecule has 106 valence electrons. The number of nitrogens with zero attached hydrogens (tertiary/aromatic N) is 1. The Bertz CT molecular complexity index is 521. The Morgan fingerprint density at radius 3 is 2.63 bits per heavy atom. The van der Waals surface area contributed by atoms with Crippen molar-refractivity contribution < 1.29 is 13.5 Å². The van der Waals surface area contributed by atoms with E-state index in [-0.39, 0.29) is 17.0 Å². The highest BCUT2D eigenvalue weighted by Gasteiger charge is 2.42. The smallest absolute Gasteiger partial charge is 0.258 e. The largest absolute Gasteiger partial charge is 0.392 e. The quantitative estimate of drug-likeness (QED) is 0.794. The van der Waals surface area contributed by atoms with Crippen molar-refractivity contribution in [2.24, 2.45) is 5.41 Å². The first kappa shape index (κ1) is 14.4. The molecule has 0 atom stereocenters. The van der Waals surface area contributed by atoms with Gasteiger partial charge in [0.05, 0.1) is 6.61 Å². The zero-order valence-electron chi connectivity index (χ0n) is 11.1. The third-order valence-electron chi connectivity index (χ3n) is 3.63. The van der Waals surface area contributed by atoms with E-state index in [1.807, 2.05) is 0 Å². The van der Waals surface area contributed by atoms with E-state index in [0.717, 1.165) is 25.7 Å². The van der Waals surface area contributed by atoms with Crippen molar-refractivity contribution in [3.05, 3.63) is 23.9 Å². The minimum atomic E-state index is -3.54. The van der Waals surface area contributed by atoms with Gasteiger partial charge in [-0.1, -0.05) is 19.4 Å². The monoisotopic (exact) mass is 284 g/mol. The van der Waals surface area contributed by atoms with Crippen molar-refractivity contribution in [1.82, 2.24) is 9.71 Å². The van der Waals surface area contributed by atoms with Gasteiger partial charge in [0.2, 0.25) is 0 Å².